The second kappa shape index (κ2) is 49.0. The zero-order valence-corrected chi connectivity index (χ0v) is 39.7. The van der Waals surface area contributed by atoms with Gasteiger partial charge in [0.2, 0.25) is 0 Å². The zero-order valence-electron chi connectivity index (χ0n) is 39.7. The molecule has 0 fully saturated rings. The molecule has 1 atom stereocenters. The Balaban J connectivity index is 4.43. The Morgan fingerprint density at radius 3 is 1.00 bits per heavy atom. The molecule has 0 aliphatic heterocycles. The zero-order chi connectivity index (χ0) is 43.7. The van der Waals surface area contributed by atoms with Crippen LogP contribution in [-0.2, 0) is 28.6 Å². The number of ether oxygens (including phenoxy) is 3. The summed E-state index contributed by atoms with van der Waals surface area (Å²) in [6, 6.07) is 0. The van der Waals surface area contributed by atoms with E-state index in [1.807, 2.05) is 0 Å². The van der Waals surface area contributed by atoms with Gasteiger partial charge in [-0.05, 0) is 57.8 Å². The van der Waals surface area contributed by atoms with E-state index in [-0.39, 0.29) is 37.5 Å². The summed E-state index contributed by atoms with van der Waals surface area (Å²) >= 11 is 0. The second-order valence-electron chi connectivity index (χ2n) is 17.1. The van der Waals surface area contributed by atoms with Crippen molar-refractivity contribution in [1.29, 1.82) is 0 Å². The minimum Gasteiger partial charge on any atom is -0.462 e. The highest BCUT2D eigenvalue weighted by Crippen LogP contribution is 2.15. The second-order valence-corrected chi connectivity index (χ2v) is 17.1. The van der Waals surface area contributed by atoms with Crippen molar-refractivity contribution >= 4 is 17.9 Å². The van der Waals surface area contributed by atoms with Crippen molar-refractivity contribution in [2.75, 3.05) is 13.2 Å². The molecular weight excluding hydrogens is 745 g/mol. The summed E-state index contributed by atoms with van der Waals surface area (Å²) in [7, 11) is 0. The van der Waals surface area contributed by atoms with Gasteiger partial charge in [0.05, 0.1) is 0 Å². The van der Waals surface area contributed by atoms with Crippen LogP contribution in [0.15, 0.2) is 48.6 Å². The first-order chi connectivity index (χ1) is 29.5. The molecule has 6 heteroatoms. The van der Waals surface area contributed by atoms with Gasteiger partial charge in [-0.2, -0.15) is 0 Å². The Morgan fingerprint density at radius 1 is 0.333 bits per heavy atom. The fraction of sp³-hybridized carbons (Fsp3) is 0.796. The predicted octanol–water partition coefficient (Wildman–Crippen LogP) is 16.7. The van der Waals surface area contributed by atoms with Crippen molar-refractivity contribution in [3.05, 3.63) is 48.6 Å². The quantitative estimate of drug-likeness (QED) is 0.0263. The van der Waals surface area contributed by atoms with Crippen LogP contribution < -0.4 is 0 Å². The van der Waals surface area contributed by atoms with Crippen LogP contribution in [-0.4, -0.2) is 37.2 Å². The lowest BCUT2D eigenvalue weighted by Gasteiger charge is -2.18. The first kappa shape index (κ1) is 57.4. The van der Waals surface area contributed by atoms with E-state index in [9.17, 15) is 14.4 Å². The van der Waals surface area contributed by atoms with Crippen LogP contribution in [0.4, 0.5) is 0 Å². The van der Waals surface area contributed by atoms with Crippen LogP contribution in [0.25, 0.3) is 0 Å². The van der Waals surface area contributed by atoms with Crippen LogP contribution in [0.2, 0.25) is 0 Å². The molecule has 60 heavy (non-hydrogen) atoms. The molecule has 0 heterocycles. The number of carbonyl (C=O) groups excluding carboxylic acids is 3. The van der Waals surface area contributed by atoms with E-state index >= 15 is 0 Å². The van der Waals surface area contributed by atoms with E-state index in [4.69, 9.17) is 14.2 Å². The van der Waals surface area contributed by atoms with E-state index in [1.165, 1.54) is 148 Å². The molecule has 0 aromatic heterocycles. The van der Waals surface area contributed by atoms with Gasteiger partial charge in [0.15, 0.2) is 6.10 Å². The highest BCUT2D eigenvalue weighted by molar-refractivity contribution is 5.71. The third kappa shape index (κ3) is 46.4. The summed E-state index contributed by atoms with van der Waals surface area (Å²) in [5.41, 5.74) is 0. The molecule has 0 saturated heterocycles. The maximum atomic E-state index is 12.8. The molecule has 0 radical (unpaired) electrons. The number of allylic oxidation sites excluding steroid dienone is 8. The number of hydrogen-bond acceptors (Lipinski definition) is 6. The molecule has 0 aliphatic rings. The van der Waals surface area contributed by atoms with Gasteiger partial charge in [-0.15, -0.1) is 0 Å². The topological polar surface area (TPSA) is 78.9 Å². The number of unbranched alkanes of at least 4 members (excludes halogenated alkanes) is 27. The third-order valence-corrected chi connectivity index (χ3v) is 11.1. The fourth-order valence-corrected chi connectivity index (χ4v) is 7.20. The first-order valence-electron chi connectivity index (χ1n) is 25.6. The number of hydrogen-bond donors (Lipinski definition) is 0. The lowest BCUT2D eigenvalue weighted by atomic mass is 10.0. The van der Waals surface area contributed by atoms with Gasteiger partial charge >= 0.3 is 17.9 Å². The smallest absolute Gasteiger partial charge is 0.306 e. The lowest BCUT2D eigenvalue weighted by molar-refractivity contribution is -0.167. The van der Waals surface area contributed by atoms with Gasteiger partial charge < -0.3 is 14.2 Å². The molecule has 6 nitrogen and oxygen atoms in total. The van der Waals surface area contributed by atoms with E-state index in [0.717, 1.165) is 64.2 Å². The average molecular weight is 841 g/mol. The molecule has 0 spiro atoms. The van der Waals surface area contributed by atoms with Gasteiger partial charge in [0, 0.05) is 19.3 Å². The minimum absolute atomic E-state index is 0.0865. The van der Waals surface area contributed by atoms with Crippen molar-refractivity contribution in [3.63, 3.8) is 0 Å². The van der Waals surface area contributed by atoms with Crippen molar-refractivity contribution in [3.8, 4) is 0 Å². The maximum absolute atomic E-state index is 12.8. The molecule has 0 N–H and O–H groups in total. The summed E-state index contributed by atoms with van der Waals surface area (Å²) in [6.45, 7) is 6.57. The van der Waals surface area contributed by atoms with Gasteiger partial charge in [-0.3, -0.25) is 14.4 Å². The van der Waals surface area contributed by atoms with Gasteiger partial charge in [0.25, 0.3) is 0 Å². The van der Waals surface area contributed by atoms with E-state index in [0.29, 0.717) is 19.3 Å². The maximum Gasteiger partial charge on any atom is 0.306 e. The molecule has 0 bridgehead atoms. The monoisotopic (exact) mass is 841 g/mol. The van der Waals surface area contributed by atoms with Crippen molar-refractivity contribution in [1.82, 2.24) is 0 Å². The summed E-state index contributed by atoms with van der Waals surface area (Å²) < 4.78 is 16.7. The number of esters is 3. The fourth-order valence-electron chi connectivity index (χ4n) is 7.20. The Kier molecular flexibility index (Phi) is 46.9. The van der Waals surface area contributed by atoms with Crippen LogP contribution in [0.1, 0.15) is 258 Å². The molecule has 0 aromatic carbocycles. The van der Waals surface area contributed by atoms with Crippen LogP contribution in [0.3, 0.4) is 0 Å². The van der Waals surface area contributed by atoms with Crippen LogP contribution in [0.5, 0.6) is 0 Å². The SMILES string of the molecule is CCCCC/C=C\C/C=C\C/C=C\C/C=C\CCCC(=O)OCC(COC(=O)CCCCCCCCCCCCC)OC(=O)CCCCCCCCCCCCCCCC. The normalized spacial score (nSPS) is 12.4. The molecule has 0 aromatic rings. The summed E-state index contributed by atoms with van der Waals surface area (Å²) in [4.78, 5) is 37.9. The molecular formula is C54H96O6. The Hall–Kier alpha value is -2.63. The van der Waals surface area contributed by atoms with Gasteiger partial charge in [-0.25, -0.2) is 0 Å². The van der Waals surface area contributed by atoms with Gasteiger partial charge in [-0.1, -0.05) is 230 Å². The highest BCUT2D eigenvalue weighted by atomic mass is 16.6. The standard InChI is InChI=1S/C54H96O6/c1-4-7-10-13-16-19-22-24-26-27-28-30-32-35-38-41-44-47-53(56)59-50-51(49-58-52(55)46-43-40-37-34-31-21-18-15-12-9-6-3)60-54(57)48-45-42-39-36-33-29-25-23-20-17-14-11-8-5-2/h16,19,24,26,28,30,35,38,51H,4-15,17-18,20-23,25,27,29,31-34,36-37,39-50H2,1-3H3/b19-16-,26-24-,30-28-,38-35-. The molecule has 0 saturated carbocycles. The van der Waals surface area contributed by atoms with E-state index in [2.05, 4.69) is 69.4 Å². The molecule has 348 valence electrons. The summed E-state index contributed by atoms with van der Waals surface area (Å²) in [5, 5.41) is 0. The van der Waals surface area contributed by atoms with Crippen molar-refractivity contribution in [2.45, 2.75) is 264 Å². The van der Waals surface area contributed by atoms with E-state index < -0.39 is 6.10 Å². The minimum atomic E-state index is -0.789. The molecule has 0 amide bonds. The average Bonchev–Trinajstić information content (AvgIpc) is 3.24. The highest BCUT2D eigenvalue weighted by Gasteiger charge is 2.19. The third-order valence-electron chi connectivity index (χ3n) is 11.1. The summed E-state index contributed by atoms with van der Waals surface area (Å²) in [6.07, 6.45) is 58.1. The molecule has 1 unspecified atom stereocenters. The number of rotatable bonds is 46. The Morgan fingerprint density at radius 2 is 0.617 bits per heavy atom. The van der Waals surface area contributed by atoms with Crippen molar-refractivity contribution < 1.29 is 28.6 Å². The largest absolute Gasteiger partial charge is 0.462 e. The Labute approximate surface area is 371 Å². The van der Waals surface area contributed by atoms with E-state index in [1.54, 1.807) is 0 Å². The van der Waals surface area contributed by atoms with Gasteiger partial charge in [0.1, 0.15) is 13.2 Å². The van der Waals surface area contributed by atoms with Crippen LogP contribution in [0, 0.1) is 0 Å². The lowest BCUT2D eigenvalue weighted by Crippen LogP contribution is -2.30. The number of carbonyl (C=O) groups is 3. The first-order valence-corrected chi connectivity index (χ1v) is 25.6. The Bertz CT molecular complexity index is 1060. The molecule has 0 rings (SSSR count). The predicted molar refractivity (Wildman–Crippen MR) is 256 cm³/mol. The van der Waals surface area contributed by atoms with Crippen molar-refractivity contribution in [2.24, 2.45) is 0 Å². The summed E-state index contributed by atoms with van der Waals surface area (Å²) in [5.74, 6) is -0.938. The van der Waals surface area contributed by atoms with Crippen LogP contribution >= 0.6 is 0 Å². The molecule has 0 aliphatic carbocycles.